The number of aliphatic hydroxyl groups is 1. The van der Waals surface area contributed by atoms with Crippen LogP contribution in [0.2, 0.25) is 0 Å². The van der Waals surface area contributed by atoms with E-state index in [1.165, 1.54) is 25.7 Å². The van der Waals surface area contributed by atoms with Crippen LogP contribution in [0.15, 0.2) is 12.2 Å². The fourth-order valence-electron chi connectivity index (χ4n) is 2.37. The molecule has 0 heterocycles. The van der Waals surface area contributed by atoms with Gasteiger partial charge in [0.25, 0.3) is 0 Å². The Morgan fingerprint density at radius 3 is 2.55 bits per heavy atom. The highest BCUT2D eigenvalue weighted by molar-refractivity contribution is 4.95. The minimum absolute atomic E-state index is 0.0338. The van der Waals surface area contributed by atoms with Gasteiger partial charge in [-0.3, -0.25) is 0 Å². The van der Waals surface area contributed by atoms with Crippen molar-refractivity contribution in [3.05, 3.63) is 12.2 Å². The quantitative estimate of drug-likeness (QED) is 0.527. The van der Waals surface area contributed by atoms with Crippen molar-refractivity contribution in [1.29, 1.82) is 0 Å². The van der Waals surface area contributed by atoms with Gasteiger partial charge in [0.15, 0.2) is 0 Å². The van der Waals surface area contributed by atoms with E-state index < -0.39 is 0 Å². The molecular weight excluding hydrogens is 136 g/mol. The van der Waals surface area contributed by atoms with Gasteiger partial charge in [-0.2, -0.15) is 0 Å². The maximum atomic E-state index is 9.44. The summed E-state index contributed by atoms with van der Waals surface area (Å²) in [6, 6.07) is 0. The SMILES string of the molecule is OC1CC2CC/C=C/CCC12. The smallest absolute Gasteiger partial charge is 0.0573 e. The molecule has 3 atom stereocenters. The van der Waals surface area contributed by atoms with E-state index >= 15 is 0 Å². The van der Waals surface area contributed by atoms with E-state index in [0.717, 1.165) is 12.3 Å². The Morgan fingerprint density at radius 1 is 1.09 bits per heavy atom. The average Bonchev–Trinajstić information content (AvgIpc) is 1.96. The maximum Gasteiger partial charge on any atom is 0.0573 e. The molecule has 0 aromatic carbocycles. The van der Waals surface area contributed by atoms with E-state index in [1.807, 2.05) is 0 Å². The standard InChI is InChI=1S/C10H16O/c11-10-7-8-5-3-1-2-4-6-9(8)10/h1-2,8-11H,3-7H2/b2-1+. The highest BCUT2D eigenvalue weighted by Gasteiger charge is 2.38. The Bertz CT molecular complexity index is 162. The van der Waals surface area contributed by atoms with Gasteiger partial charge in [-0.15, -0.1) is 0 Å². The van der Waals surface area contributed by atoms with E-state index in [0.29, 0.717) is 5.92 Å². The third-order valence-electron chi connectivity index (χ3n) is 3.18. The summed E-state index contributed by atoms with van der Waals surface area (Å²) < 4.78 is 0. The summed E-state index contributed by atoms with van der Waals surface area (Å²) in [6.07, 6.45) is 10.6. The summed E-state index contributed by atoms with van der Waals surface area (Å²) >= 11 is 0. The average molecular weight is 152 g/mol. The Labute approximate surface area is 68.1 Å². The third-order valence-corrected chi connectivity index (χ3v) is 3.18. The van der Waals surface area contributed by atoms with E-state index in [2.05, 4.69) is 12.2 Å². The predicted molar refractivity (Wildman–Crippen MR) is 45.2 cm³/mol. The fourth-order valence-corrected chi connectivity index (χ4v) is 2.37. The first-order valence-electron chi connectivity index (χ1n) is 4.71. The van der Waals surface area contributed by atoms with Gasteiger partial charge in [-0.25, -0.2) is 0 Å². The Morgan fingerprint density at radius 2 is 1.82 bits per heavy atom. The van der Waals surface area contributed by atoms with E-state index in [-0.39, 0.29) is 6.10 Å². The number of aliphatic hydroxyl groups excluding tert-OH is 1. The van der Waals surface area contributed by atoms with E-state index in [4.69, 9.17) is 0 Å². The molecule has 1 N–H and O–H groups in total. The lowest BCUT2D eigenvalue weighted by Gasteiger charge is -2.42. The zero-order chi connectivity index (χ0) is 7.68. The molecule has 1 fully saturated rings. The molecular formula is C10H16O. The number of allylic oxidation sites excluding steroid dienone is 2. The van der Waals surface area contributed by atoms with Crippen molar-refractivity contribution in [2.45, 2.75) is 38.2 Å². The Hall–Kier alpha value is -0.300. The van der Waals surface area contributed by atoms with Crippen LogP contribution in [-0.2, 0) is 0 Å². The number of hydrogen-bond donors (Lipinski definition) is 1. The number of fused-ring (bicyclic) bond motifs is 1. The molecule has 1 saturated carbocycles. The molecule has 0 aromatic rings. The first-order valence-corrected chi connectivity index (χ1v) is 4.71. The molecule has 0 saturated heterocycles. The van der Waals surface area contributed by atoms with Crippen LogP contribution in [-0.4, -0.2) is 11.2 Å². The predicted octanol–water partition coefficient (Wildman–Crippen LogP) is 2.11. The van der Waals surface area contributed by atoms with Crippen LogP contribution in [0, 0.1) is 11.8 Å². The van der Waals surface area contributed by atoms with Crippen molar-refractivity contribution in [2.24, 2.45) is 11.8 Å². The molecule has 0 spiro atoms. The van der Waals surface area contributed by atoms with Crippen LogP contribution in [0.4, 0.5) is 0 Å². The second kappa shape index (κ2) is 2.98. The summed E-state index contributed by atoms with van der Waals surface area (Å²) in [5.74, 6) is 1.48. The molecule has 2 aliphatic carbocycles. The molecule has 3 unspecified atom stereocenters. The monoisotopic (exact) mass is 152 g/mol. The van der Waals surface area contributed by atoms with Crippen LogP contribution in [0.5, 0.6) is 0 Å². The molecule has 2 rings (SSSR count). The highest BCUT2D eigenvalue weighted by atomic mass is 16.3. The molecule has 62 valence electrons. The lowest BCUT2D eigenvalue weighted by Crippen LogP contribution is -2.41. The van der Waals surface area contributed by atoms with Gasteiger partial charge < -0.3 is 5.11 Å². The molecule has 1 nitrogen and oxygen atoms in total. The normalized spacial score (nSPS) is 46.5. The van der Waals surface area contributed by atoms with Crippen LogP contribution in [0.3, 0.4) is 0 Å². The number of rotatable bonds is 0. The van der Waals surface area contributed by atoms with Crippen molar-refractivity contribution in [1.82, 2.24) is 0 Å². The minimum atomic E-state index is 0.0338. The minimum Gasteiger partial charge on any atom is -0.393 e. The zero-order valence-electron chi connectivity index (χ0n) is 6.87. The molecule has 0 radical (unpaired) electrons. The highest BCUT2D eigenvalue weighted by Crippen LogP contribution is 2.41. The maximum absolute atomic E-state index is 9.44. The van der Waals surface area contributed by atoms with Crippen molar-refractivity contribution >= 4 is 0 Å². The topological polar surface area (TPSA) is 20.2 Å². The second-order valence-corrected chi connectivity index (χ2v) is 3.85. The first kappa shape index (κ1) is 7.35. The van der Waals surface area contributed by atoms with Gasteiger partial charge in [-0.05, 0) is 43.9 Å². The summed E-state index contributed by atoms with van der Waals surface area (Å²) in [6.45, 7) is 0. The fraction of sp³-hybridized carbons (Fsp3) is 0.800. The van der Waals surface area contributed by atoms with Crippen molar-refractivity contribution in [2.75, 3.05) is 0 Å². The van der Waals surface area contributed by atoms with Crippen LogP contribution < -0.4 is 0 Å². The van der Waals surface area contributed by atoms with Gasteiger partial charge >= 0.3 is 0 Å². The number of hydrogen-bond acceptors (Lipinski definition) is 1. The third kappa shape index (κ3) is 1.34. The lowest BCUT2D eigenvalue weighted by atomic mass is 9.66. The summed E-state index contributed by atoms with van der Waals surface area (Å²) in [5.41, 5.74) is 0. The van der Waals surface area contributed by atoms with Gasteiger partial charge in [-0.1, -0.05) is 12.2 Å². The summed E-state index contributed by atoms with van der Waals surface area (Å²) in [7, 11) is 0. The van der Waals surface area contributed by atoms with Gasteiger partial charge in [0.05, 0.1) is 6.10 Å². The summed E-state index contributed by atoms with van der Waals surface area (Å²) in [5, 5.41) is 9.44. The van der Waals surface area contributed by atoms with Crippen LogP contribution >= 0.6 is 0 Å². The molecule has 2 aliphatic rings. The molecule has 0 amide bonds. The van der Waals surface area contributed by atoms with E-state index in [1.54, 1.807) is 0 Å². The van der Waals surface area contributed by atoms with Crippen molar-refractivity contribution < 1.29 is 5.11 Å². The van der Waals surface area contributed by atoms with Crippen molar-refractivity contribution in [3.63, 3.8) is 0 Å². The summed E-state index contributed by atoms with van der Waals surface area (Å²) in [4.78, 5) is 0. The van der Waals surface area contributed by atoms with Crippen molar-refractivity contribution in [3.8, 4) is 0 Å². The van der Waals surface area contributed by atoms with Crippen LogP contribution in [0.1, 0.15) is 32.1 Å². The molecule has 11 heavy (non-hydrogen) atoms. The lowest BCUT2D eigenvalue weighted by molar-refractivity contribution is -0.0408. The molecule has 0 aliphatic heterocycles. The first-order chi connectivity index (χ1) is 5.38. The zero-order valence-corrected chi connectivity index (χ0v) is 6.87. The largest absolute Gasteiger partial charge is 0.393 e. The van der Waals surface area contributed by atoms with Crippen LogP contribution in [0.25, 0.3) is 0 Å². The second-order valence-electron chi connectivity index (χ2n) is 3.85. The van der Waals surface area contributed by atoms with Gasteiger partial charge in [0.2, 0.25) is 0 Å². The molecule has 0 aromatic heterocycles. The Balaban J connectivity index is 1.95. The Kier molecular flexibility index (Phi) is 1.99. The van der Waals surface area contributed by atoms with Gasteiger partial charge in [0.1, 0.15) is 0 Å². The molecule has 0 bridgehead atoms. The van der Waals surface area contributed by atoms with Gasteiger partial charge in [0, 0.05) is 0 Å². The van der Waals surface area contributed by atoms with E-state index in [9.17, 15) is 5.11 Å². The molecule has 1 heteroatoms.